The summed E-state index contributed by atoms with van der Waals surface area (Å²) in [6.45, 7) is 2.03. The lowest BCUT2D eigenvalue weighted by Gasteiger charge is -2.12. The largest absolute Gasteiger partial charge is 0.366 e. The van der Waals surface area contributed by atoms with Gasteiger partial charge in [-0.15, -0.1) is 11.8 Å². The van der Waals surface area contributed by atoms with E-state index in [0.29, 0.717) is 16.4 Å². The molecule has 3 rings (SSSR count). The molecule has 0 unspecified atom stereocenters. The van der Waals surface area contributed by atoms with E-state index in [4.69, 9.17) is 18.0 Å². The number of anilines is 3. The molecule has 6 nitrogen and oxygen atoms in total. The molecule has 0 aliphatic rings. The minimum atomic E-state index is -0.504. The number of carbonyl (C=O) groups is 2. The number of nitrogens with two attached hydrogens (primary N) is 1. The van der Waals surface area contributed by atoms with Crippen molar-refractivity contribution in [2.75, 3.05) is 21.7 Å². The van der Waals surface area contributed by atoms with E-state index in [0.717, 1.165) is 16.3 Å². The fourth-order valence-corrected chi connectivity index (χ4v) is 3.65. The van der Waals surface area contributed by atoms with Gasteiger partial charge in [-0.05, 0) is 73.7 Å². The zero-order valence-corrected chi connectivity index (χ0v) is 18.5. The van der Waals surface area contributed by atoms with Gasteiger partial charge in [0.2, 0.25) is 11.8 Å². The summed E-state index contributed by atoms with van der Waals surface area (Å²) in [5.74, 6) is -0.408. The summed E-state index contributed by atoms with van der Waals surface area (Å²) < 4.78 is 0. The zero-order chi connectivity index (χ0) is 22.2. The first-order valence-electron chi connectivity index (χ1n) is 9.46. The van der Waals surface area contributed by atoms with Crippen molar-refractivity contribution in [2.24, 2.45) is 5.73 Å². The van der Waals surface area contributed by atoms with Gasteiger partial charge in [0, 0.05) is 27.5 Å². The van der Waals surface area contributed by atoms with Gasteiger partial charge in [0.25, 0.3) is 0 Å². The number of aryl methyl sites for hydroxylation is 1. The van der Waals surface area contributed by atoms with Gasteiger partial charge in [-0.1, -0.05) is 23.8 Å². The van der Waals surface area contributed by atoms with Gasteiger partial charge >= 0.3 is 0 Å². The van der Waals surface area contributed by atoms with Crippen LogP contribution >= 0.6 is 24.0 Å². The Morgan fingerprint density at radius 3 is 2.16 bits per heavy atom. The molecule has 0 fully saturated rings. The van der Waals surface area contributed by atoms with Crippen LogP contribution in [0.15, 0.2) is 77.7 Å². The lowest BCUT2D eigenvalue weighted by Crippen LogP contribution is -2.19. The van der Waals surface area contributed by atoms with E-state index in [-0.39, 0.29) is 11.7 Å². The molecule has 3 aromatic rings. The summed E-state index contributed by atoms with van der Waals surface area (Å²) >= 11 is 6.79. The fourth-order valence-electron chi connectivity index (χ4n) is 2.66. The van der Waals surface area contributed by atoms with Gasteiger partial charge in [-0.25, -0.2) is 0 Å². The smallest absolute Gasteiger partial charge is 0.248 e. The Morgan fingerprint density at radius 1 is 0.871 bits per heavy atom. The molecule has 158 valence electrons. The fraction of sp³-hybridized carbons (Fsp3) is 0.0870. The quantitative estimate of drug-likeness (QED) is 0.310. The lowest BCUT2D eigenvalue weighted by molar-refractivity contribution is -0.113. The number of rotatable bonds is 7. The first-order chi connectivity index (χ1) is 14.9. The maximum absolute atomic E-state index is 12.2. The number of hydrogen-bond donors (Lipinski definition) is 4. The van der Waals surface area contributed by atoms with Crippen molar-refractivity contribution in [2.45, 2.75) is 11.8 Å². The van der Waals surface area contributed by atoms with Gasteiger partial charge in [-0.3, -0.25) is 9.59 Å². The number of hydrogen-bond acceptors (Lipinski definition) is 4. The first-order valence-corrected chi connectivity index (χ1v) is 10.9. The molecule has 0 heterocycles. The molecule has 0 aromatic heterocycles. The third-order valence-corrected chi connectivity index (χ3v) is 5.42. The van der Waals surface area contributed by atoms with Crippen LogP contribution in [-0.4, -0.2) is 22.7 Å². The van der Waals surface area contributed by atoms with Crippen molar-refractivity contribution in [3.05, 3.63) is 83.9 Å². The number of carbonyl (C=O) groups excluding carboxylic acids is 2. The summed E-state index contributed by atoms with van der Waals surface area (Å²) in [5, 5.41) is 9.59. The molecule has 0 aliphatic heterocycles. The molecule has 0 atom stereocenters. The predicted octanol–water partition coefficient (Wildman–Crippen LogP) is 4.63. The number of nitrogens with one attached hydrogen (secondary N) is 3. The Hall–Kier alpha value is -3.36. The van der Waals surface area contributed by atoms with Crippen LogP contribution in [-0.2, 0) is 4.79 Å². The van der Waals surface area contributed by atoms with Gasteiger partial charge in [0.15, 0.2) is 5.11 Å². The van der Waals surface area contributed by atoms with E-state index >= 15 is 0 Å². The highest BCUT2D eigenvalue weighted by Crippen LogP contribution is 2.22. The molecular formula is C23H22N4O2S2. The second-order valence-electron chi connectivity index (χ2n) is 6.75. The highest BCUT2D eigenvalue weighted by molar-refractivity contribution is 8.00. The van der Waals surface area contributed by atoms with Crippen LogP contribution in [0.4, 0.5) is 17.1 Å². The Balaban J connectivity index is 1.50. The minimum Gasteiger partial charge on any atom is -0.366 e. The number of amides is 2. The third kappa shape index (κ3) is 7.13. The van der Waals surface area contributed by atoms with Crippen molar-refractivity contribution in [1.29, 1.82) is 0 Å². The van der Waals surface area contributed by atoms with E-state index in [1.165, 1.54) is 17.3 Å². The SMILES string of the molecule is Cc1ccc(NC(=S)Nc2cccc(SCC(=O)Nc3ccc(C(N)=O)cc3)c2)cc1. The summed E-state index contributed by atoms with van der Waals surface area (Å²) in [4.78, 5) is 24.3. The van der Waals surface area contributed by atoms with E-state index in [1.807, 2.05) is 55.5 Å². The Bertz CT molecular complexity index is 1080. The van der Waals surface area contributed by atoms with Crippen LogP contribution < -0.4 is 21.7 Å². The molecule has 0 spiro atoms. The highest BCUT2D eigenvalue weighted by atomic mass is 32.2. The molecular weight excluding hydrogens is 428 g/mol. The molecule has 0 aliphatic carbocycles. The Morgan fingerprint density at radius 2 is 1.48 bits per heavy atom. The molecule has 0 radical (unpaired) electrons. The molecule has 0 saturated heterocycles. The summed E-state index contributed by atoms with van der Waals surface area (Å²) in [6.07, 6.45) is 0. The first kappa shape index (κ1) is 22.3. The van der Waals surface area contributed by atoms with Crippen LogP contribution in [0.1, 0.15) is 15.9 Å². The van der Waals surface area contributed by atoms with Crippen LogP contribution in [0, 0.1) is 6.92 Å². The van der Waals surface area contributed by atoms with Gasteiger partial charge in [0.1, 0.15) is 0 Å². The van der Waals surface area contributed by atoms with Gasteiger partial charge in [-0.2, -0.15) is 0 Å². The average molecular weight is 451 g/mol. The monoisotopic (exact) mass is 450 g/mol. The molecule has 8 heteroatoms. The van der Waals surface area contributed by atoms with E-state index in [2.05, 4.69) is 16.0 Å². The van der Waals surface area contributed by atoms with Crippen molar-refractivity contribution in [3.8, 4) is 0 Å². The van der Waals surface area contributed by atoms with Gasteiger partial charge in [0.05, 0.1) is 5.75 Å². The molecule has 5 N–H and O–H groups in total. The number of thioether (sulfide) groups is 1. The minimum absolute atomic E-state index is 0.147. The number of benzene rings is 3. The highest BCUT2D eigenvalue weighted by Gasteiger charge is 2.06. The van der Waals surface area contributed by atoms with Crippen LogP contribution in [0.3, 0.4) is 0 Å². The third-order valence-electron chi connectivity index (χ3n) is 4.22. The predicted molar refractivity (Wildman–Crippen MR) is 132 cm³/mol. The van der Waals surface area contributed by atoms with E-state index in [1.54, 1.807) is 24.3 Å². The van der Waals surface area contributed by atoms with E-state index in [9.17, 15) is 9.59 Å². The summed E-state index contributed by atoms with van der Waals surface area (Å²) in [7, 11) is 0. The van der Waals surface area contributed by atoms with Crippen molar-refractivity contribution >= 4 is 58.0 Å². The Kier molecular flexibility index (Phi) is 7.64. The van der Waals surface area contributed by atoms with Crippen LogP contribution in [0.25, 0.3) is 0 Å². The normalized spacial score (nSPS) is 10.2. The number of thiocarbonyl (C=S) groups is 1. The molecule has 3 aromatic carbocycles. The molecule has 0 saturated carbocycles. The maximum Gasteiger partial charge on any atom is 0.248 e. The zero-order valence-electron chi connectivity index (χ0n) is 16.8. The number of primary amides is 1. The van der Waals surface area contributed by atoms with Crippen molar-refractivity contribution in [3.63, 3.8) is 0 Å². The molecule has 31 heavy (non-hydrogen) atoms. The second kappa shape index (κ2) is 10.6. The summed E-state index contributed by atoms with van der Waals surface area (Å²) in [5.41, 5.74) is 9.14. The maximum atomic E-state index is 12.2. The second-order valence-corrected chi connectivity index (χ2v) is 8.21. The van der Waals surface area contributed by atoms with Crippen LogP contribution in [0.5, 0.6) is 0 Å². The van der Waals surface area contributed by atoms with Gasteiger partial charge < -0.3 is 21.7 Å². The molecule has 0 bridgehead atoms. The average Bonchev–Trinajstić information content (AvgIpc) is 2.74. The Labute approximate surface area is 190 Å². The molecule has 2 amide bonds. The summed E-state index contributed by atoms with van der Waals surface area (Å²) in [6, 6.07) is 22.1. The topological polar surface area (TPSA) is 96.2 Å². The van der Waals surface area contributed by atoms with Crippen molar-refractivity contribution in [1.82, 2.24) is 0 Å². The van der Waals surface area contributed by atoms with E-state index < -0.39 is 5.91 Å². The standard InChI is InChI=1S/C23H22N4O2S2/c1-15-5-9-18(10-6-15)26-23(30)27-19-3-2-4-20(13-19)31-14-21(28)25-17-11-7-16(8-12-17)22(24)29/h2-13H,14H2,1H3,(H2,24,29)(H,25,28)(H2,26,27,30). The van der Waals surface area contributed by atoms with Crippen molar-refractivity contribution < 1.29 is 9.59 Å². The lowest BCUT2D eigenvalue weighted by atomic mass is 10.2. The van der Waals surface area contributed by atoms with Crippen LogP contribution in [0.2, 0.25) is 0 Å².